The standard InChI is InChI=1S/C12H16BrNO3S/c1-3-14(9-4-5-9)18(15,16)10-6-7-12(17-2)11(13)8-10/h6-9H,3-5H2,1-2H3. The molecule has 0 atom stereocenters. The first-order valence-electron chi connectivity index (χ1n) is 5.86. The van der Waals surface area contributed by atoms with Crippen molar-refractivity contribution in [2.45, 2.75) is 30.7 Å². The summed E-state index contributed by atoms with van der Waals surface area (Å²) in [6, 6.07) is 5.03. The highest BCUT2D eigenvalue weighted by Gasteiger charge is 2.36. The molecule has 1 aromatic carbocycles. The summed E-state index contributed by atoms with van der Waals surface area (Å²) in [5.74, 6) is 0.628. The zero-order valence-corrected chi connectivity index (χ0v) is 12.8. The minimum atomic E-state index is -3.39. The Kier molecular flexibility index (Phi) is 3.99. The Balaban J connectivity index is 2.37. The summed E-state index contributed by atoms with van der Waals surface area (Å²) >= 11 is 3.32. The molecule has 0 saturated heterocycles. The maximum atomic E-state index is 12.5. The Morgan fingerprint density at radius 2 is 2.11 bits per heavy atom. The molecule has 4 nitrogen and oxygen atoms in total. The molecule has 6 heteroatoms. The number of sulfonamides is 1. The van der Waals surface area contributed by atoms with Gasteiger partial charge in [-0.3, -0.25) is 0 Å². The first-order chi connectivity index (χ1) is 8.50. The summed E-state index contributed by atoms with van der Waals surface area (Å²) in [6.07, 6.45) is 1.93. The number of halogens is 1. The third-order valence-corrected chi connectivity index (χ3v) is 5.64. The Morgan fingerprint density at radius 1 is 1.44 bits per heavy atom. The van der Waals surface area contributed by atoms with Gasteiger partial charge in [-0.1, -0.05) is 6.92 Å². The van der Waals surface area contributed by atoms with E-state index in [1.807, 2.05) is 6.92 Å². The van der Waals surface area contributed by atoms with E-state index in [1.54, 1.807) is 29.6 Å². The van der Waals surface area contributed by atoms with Crippen LogP contribution in [0, 0.1) is 0 Å². The largest absolute Gasteiger partial charge is 0.496 e. The molecule has 0 bridgehead atoms. The van der Waals surface area contributed by atoms with Gasteiger partial charge in [-0.05, 0) is 47.0 Å². The first kappa shape index (κ1) is 13.8. The third-order valence-electron chi connectivity index (χ3n) is 3.00. The van der Waals surface area contributed by atoms with E-state index in [4.69, 9.17) is 4.74 Å². The molecule has 0 N–H and O–H groups in total. The van der Waals surface area contributed by atoms with E-state index in [0.29, 0.717) is 21.7 Å². The molecule has 1 fully saturated rings. The van der Waals surface area contributed by atoms with Crippen LogP contribution in [0.15, 0.2) is 27.6 Å². The third kappa shape index (κ3) is 2.55. The maximum Gasteiger partial charge on any atom is 0.243 e. The summed E-state index contributed by atoms with van der Waals surface area (Å²) in [6.45, 7) is 2.38. The number of benzene rings is 1. The highest BCUT2D eigenvalue weighted by molar-refractivity contribution is 9.10. The summed E-state index contributed by atoms with van der Waals surface area (Å²) in [4.78, 5) is 0.309. The predicted octanol–water partition coefficient (Wildman–Crippen LogP) is 2.63. The molecular weight excluding hydrogens is 318 g/mol. The second-order valence-electron chi connectivity index (χ2n) is 4.24. The van der Waals surface area contributed by atoms with Gasteiger partial charge in [0.05, 0.1) is 16.5 Å². The van der Waals surface area contributed by atoms with Gasteiger partial charge in [-0.15, -0.1) is 0 Å². The van der Waals surface area contributed by atoms with E-state index in [2.05, 4.69) is 15.9 Å². The Labute approximate surface area is 116 Å². The molecule has 0 radical (unpaired) electrons. The fourth-order valence-corrected chi connectivity index (χ4v) is 4.34. The zero-order chi connectivity index (χ0) is 13.3. The van der Waals surface area contributed by atoms with E-state index < -0.39 is 10.0 Å². The van der Waals surface area contributed by atoms with Gasteiger partial charge in [0.25, 0.3) is 0 Å². The lowest BCUT2D eigenvalue weighted by Gasteiger charge is -2.20. The van der Waals surface area contributed by atoms with Crippen LogP contribution in [0.2, 0.25) is 0 Å². The van der Waals surface area contributed by atoms with Crippen LogP contribution in [0.25, 0.3) is 0 Å². The number of hydrogen-bond acceptors (Lipinski definition) is 3. The van der Waals surface area contributed by atoms with E-state index in [1.165, 1.54) is 0 Å². The first-order valence-corrected chi connectivity index (χ1v) is 8.09. The molecule has 1 aliphatic carbocycles. The lowest BCUT2D eigenvalue weighted by molar-refractivity contribution is 0.410. The van der Waals surface area contributed by atoms with E-state index in [-0.39, 0.29) is 6.04 Å². The van der Waals surface area contributed by atoms with Crippen LogP contribution in [-0.2, 0) is 10.0 Å². The molecule has 18 heavy (non-hydrogen) atoms. The van der Waals surface area contributed by atoms with Crippen LogP contribution in [0.5, 0.6) is 5.75 Å². The number of nitrogens with zero attached hydrogens (tertiary/aromatic N) is 1. The van der Waals surface area contributed by atoms with Gasteiger partial charge >= 0.3 is 0 Å². The van der Waals surface area contributed by atoms with Gasteiger partial charge in [0.1, 0.15) is 5.75 Å². The molecule has 1 aromatic rings. The van der Waals surface area contributed by atoms with E-state index in [9.17, 15) is 8.42 Å². The minimum absolute atomic E-state index is 0.181. The molecule has 0 heterocycles. The highest BCUT2D eigenvalue weighted by atomic mass is 79.9. The van der Waals surface area contributed by atoms with Gasteiger partial charge in [0.15, 0.2) is 0 Å². The van der Waals surface area contributed by atoms with Crippen molar-refractivity contribution in [1.82, 2.24) is 4.31 Å². The normalized spacial score (nSPS) is 16.0. The lowest BCUT2D eigenvalue weighted by Crippen LogP contribution is -2.32. The molecule has 100 valence electrons. The van der Waals surface area contributed by atoms with E-state index in [0.717, 1.165) is 12.8 Å². The van der Waals surface area contributed by atoms with Crippen molar-refractivity contribution in [3.05, 3.63) is 22.7 Å². The Bertz CT molecular complexity index is 540. The van der Waals surface area contributed by atoms with Gasteiger partial charge < -0.3 is 4.74 Å². The number of rotatable bonds is 5. The SMILES string of the molecule is CCN(C1CC1)S(=O)(=O)c1ccc(OC)c(Br)c1. The highest BCUT2D eigenvalue weighted by Crippen LogP contribution is 2.34. The fourth-order valence-electron chi connectivity index (χ4n) is 1.93. The Hall–Kier alpha value is -0.590. The van der Waals surface area contributed by atoms with Crippen LogP contribution >= 0.6 is 15.9 Å². The van der Waals surface area contributed by atoms with Gasteiger partial charge in [-0.25, -0.2) is 8.42 Å². The molecule has 0 amide bonds. The fraction of sp³-hybridized carbons (Fsp3) is 0.500. The second-order valence-corrected chi connectivity index (χ2v) is 6.98. The molecular formula is C12H16BrNO3S. The van der Waals surface area contributed by atoms with Gasteiger partial charge in [0, 0.05) is 12.6 Å². The average Bonchev–Trinajstić information content (AvgIpc) is 3.14. The van der Waals surface area contributed by atoms with Crippen molar-refractivity contribution >= 4 is 26.0 Å². The molecule has 2 rings (SSSR count). The predicted molar refractivity (Wildman–Crippen MR) is 73.3 cm³/mol. The molecule has 1 saturated carbocycles. The number of hydrogen-bond donors (Lipinski definition) is 0. The quantitative estimate of drug-likeness (QED) is 0.832. The van der Waals surface area contributed by atoms with Crippen LogP contribution in [0.1, 0.15) is 19.8 Å². The van der Waals surface area contributed by atoms with Crippen LogP contribution < -0.4 is 4.74 Å². The van der Waals surface area contributed by atoms with Gasteiger partial charge in [-0.2, -0.15) is 4.31 Å². The summed E-state index contributed by atoms with van der Waals surface area (Å²) in [5, 5.41) is 0. The summed E-state index contributed by atoms with van der Waals surface area (Å²) in [5.41, 5.74) is 0. The molecule has 0 aromatic heterocycles. The van der Waals surface area contributed by atoms with Crippen molar-refractivity contribution in [2.75, 3.05) is 13.7 Å². The van der Waals surface area contributed by atoms with E-state index >= 15 is 0 Å². The van der Waals surface area contributed by atoms with Crippen molar-refractivity contribution in [3.8, 4) is 5.75 Å². The number of ether oxygens (including phenoxy) is 1. The van der Waals surface area contributed by atoms with Crippen LogP contribution in [-0.4, -0.2) is 32.4 Å². The smallest absolute Gasteiger partial charge is 0.243 e. The van der Waals surface area contributed by atoms with Crippen LogP contribution in [0.3, 0.4) is 0 Å². The second kappa shape index (κ2) is 5.19. The molecule has 1 aliphatic rings. The number of methoxy groups -OCH3 is 1. The zero-order valence-electron chi connectivity index (χ0n) is 10.4. The monoisotopic (exact) mass is 333 g/mol. The molecule has 0 aliphatic heterocycles. The summed E-state index contributed by atoms with van der Waals surface area (Å²) in [7, 11) is -1.84. The molecule has 0 spiro atoms. The minimum Gasteiger partial charge on any atom is -0.496 e. The van der Waals surface area contributed by atoms with Crippen molar-refractivity contribution < 1.29 is 13.2 Å². The van der Waals surface area contributed by atoms with Crippen molar-refractivity contribution in [3.63, 3.8) is 0 Å². The lowest BCUT2D eigenvalue weighted by atomic mass is 10.3. The Morgan fingerprint density at radius 3 is 2.56 bits per heavy atom. The topological polar surface area (TPSA) is 46.6 Å². The van der Waals surface area contributed by atoms with Gasteiger partial charge in [0.2, 0.25) is 10.0 Å². The molecule has 0 unspecified atom stereocenters. The van der Waals surface area contributed by atoms with Crippen molar-refractivity contribution in [2.24, 2.45) is 0 Å². The van der Waals surface area contributed by atoms with Crippen LogP contribution in [0.4, 0.5) is 0 Å². The van der Waals surface area contributed by atoms with Crippen molar-refractivity contribution in [1.29, 1.82) is 0 Å². The average molecular weight is 334 g/mol. The maximum absolute atomic E-state index is 12.5. The summed E-state index contributed by atoms with van der Waals surface area (Å²) < 4.78 is 32.2.